The standard InChI is InChI=1S/C21H35N3O2/c1-16-6-7-18(19(12-16)26-15-17-8-11-25-14-17)13-24-20(22-5)23-10-9-21(2,3)4/h6-7,12,17H,8-11,13-15H2,1-5H3,(H2,22,23,24). The molecular weight excluding hydrogens is 326 g/mol. The summed E-state index contributed by atoms with van der Waals surface area (Å²) >= 11 is 0. The molecule has 1 heterocycles. The van der Waals surface area contributed by atoms with E-state index in [1.807, 2.05) is 0 Å². The number of hydrogen-bond acceptors (Lipinski definition) is 3. The molecule has 0 bridgehead atoms. The quantitative estimate of drug-likeness (QED) is 0.576. The first-order valence-corrected chi connectivity index (χ1v) is 9.62. The Hall–Kier alpha value is -1.75. The summed E-state index contributed by atoms with van der Waals surface area (Å²) < 4.78 is 11.6. The molecule has 2 rings (SSSR count). The van der Waals surface area contributed by atoms with Crippen LogP contribution in [0.15, 0.2) is 23.2 Å². The highest BCUT2D eigenvalue weighted by molar-refractivity contribution is 5.79. The number of hydrogen-bond donors (Lipinski definition) is 2. The number of rotatable bonds is 7. The molecule has 0 saturated carbocycles. The molecule has 2 N–H and O–H groups in total. The summed E-state index contributed by atoms with van der Waals surface area (Å²) in [6.07, 6.45) is 2.18. The topological polar surface area (TPSA) is 54.9 Å². The third-order valence-electron chi connectivity index (χ3n) is 4.56. The number of ether oxygens (including phenoxy) is 2. The Morgan fingerprint density at radius 3 is 2.77 bits per heavy atom. The summed E-state index contributed by atoms with van der Waals surface area (Å²) in [5.74, 6) is 2.28. The molecule has 1 atom stereocenters. The van der Waals surface area contributed by atoms with Gasteiger partial charge in [-0.1, -0.05) is 32.9 Å². The lowest BCUT2D eigenvalue weighted by Crippen LogP contribution is -2.38. The zero-order valence-corrected chi connectivity index (χ0v) is 17.0. The molecule has 5 nitrogen and oxygen atoms in total. The minimum Gasteiger partial charge on any atom is -0.493 e. The van der Waals surface area contributed by atoms with Crippen LogP contribution in [0.4, 0.5) is 0 Å². The van der Waals surface area contributed by atoms with Crippen molar-refractivity contribution in [2.24, 2.45) is 16.3 Å². The third kappa shape index (κ3) is 7.24. The van der Waals surface area contributed by atoms with Gasteiger partial charge in [0.15, 0.2) is 5.96 Å². The van der Waals surface area contributed by atoms with Crippen molar-refractivity contribution in [2.45, 2.75) is 47.1 Å². The fraction of sp³-hybridized carbons (Fsp3) is 0.667. The molecule has 26 heavy (non-hydrogen) atoms. The molecule has 0 radical (unpaired) electrons. The van der Waals surface area contributed by atoms with E-state index in [1.165, 1.54) is 5.56 Å². The Morgan fingerprint density at radius 1 is 1.31 bits per heavy atom. The van der Waals surface area contributed by atoms with Gasteiger partial charge in [0.2, 0.25) is 0 Å². The fourth-order valence-electron chi connectivity index (χ4n) is 2.82. The van der Waals surface area contributed by atoms with Crippen LogP contribution in [-0.4, -0.2) is 39.4 Å². The van der Waals surface area contributed by atoms with Gasteiger partial charge in [-0.3, -0.25) is 4.99 Å². The van der Waals surface area contributed by atoms with Gasteiger partial charge in [0.05, 0.1) is 13.2 Å². The number of nitrogens with one attached hydrogen (secondary N) is 2. The third-order valence-corrected chi connectivity index (χ3v) is 4.56. The SMILES string of the molecule is CN=C(NCCC(C)(C)C)NCc1ccc(C)cc1OCC1CCOC1. The van der Waals surface area contributed by atoms with Gasteiger partial charge in [0.1, 0.15) is 5.75 Å². The molecule has 1 fully saturated rings. The van der Waals surface area contributed by atoms with Crippen LogP contribution in [-0.2, 0) is 11.3 Å². The monoisotopic (exact) mass is 361 g/mol. The lowest BCUT2D eigenvalue weighted by atomic mass is 9.92. The summed E-state index contributed by atoms with van der Waals surface area (Å²) in [6.45, 7) is 12.8. The van der Waals surface area contributed by atoms with Crippen molar-refractivity contribution in [1.29, 1.82) is 0 Å². The van der Waals surface area contributed by atoms with Gasteiger partial charge >= 0.3 is 0 Å². The molecule has 1 aromatic carbocycles. The zero-order chi connectivity index (χ0) is 19.0. The van der Waals surface area contributed by atoms with E-state index < -0.39 is 0 Å². The lowest BCUT2D eigenvalue weighted by molar-refractivity contribution is 0.166. The maximum atomic E-state index is 6.11. The fourth-order valence-corrected chi connectivity index (χ4v) is 2.82. The van der Waals surface area contributed by atoms with E-state index in [0.29, 0.717) is 17.9 Å². The highest BCUT2D eigenvalue weighted by Gasteiger charge is 2.17. The van der Waals surface area contributed by atoms with Gasteiger partial charge in [-0.05, 0) is 36.8 Å². The minimum absolute atomic E-state index is 0.313. The highest BCUT2D eigenvalue weighted by atomic mass is 16.5. The normalized spacial score (nSPS) is 18.0. The molecule has 1 saturated heterocycles. The van der Waals surface area contributed by atoms with Crippen LogP contribution in [0.25, 0.3) is 0 Å². The van der Waals surface area contributed by atoms with Crippen LogP contribution in [0.5, 0.6) is 5.75 Å². The Bertz CT molecular complexity index is 587. The van der Waals surface area contributed by atoms with Crippen LogP contribution < -0.4 is 15.4 Å². The average molecular weight is 362 g/mol. The summed E-state index contributed by atoms with van der Waals surface area (Å²) in [4.78, 5) is 4.32. The van der Waals surface area contributed by atoms with Crippen molar-refractivity contribution in [3.05, 3.63) is 29.3 Å². The van der Waals surface area contributed by atoms with Crippen LogP contribution in [0.3, 0.4) is 0 Å². The molecule has 0 aromatic heterocycles. The Kier molecular flexibility index (Phi) is 7.76. The Balaban J connectivity index is 1.88. The largest absolute Gasteiger partial charge is 0.493 e. The number of guanidine groups is 1. The summed E-state index contributed by atoms with van der Waals surface area (Å²) in [7, 11) is 1.80. The van der Waals surface area contributed by atoms with Gasteiger partial charge in [-0.2, -0.15) is 0 Å². The minimum atomic E-state index is 0.313. The Morgan fingerprint density at radius 2 is 2.12 bits per heavy atom. The van der Waals surface area contributed by atoms with E-state index in [2.05, 4.69) is 61.5 Å². The van der Waals surface area contributed by atoms with E-state index >= 15 is 0 Å². The average Bonchev–Trinajstić information content (AvgIpc) is 3.09. The van der Waals surface area contributed by atoms with E-state index in [-0.39, 0.29) is 0 Å². The van der Waals surface area contributed by atoms with Gasteiger partial charge in [0.25, 0.3) is 0 Å². The summed E-state index contributed by atoms with van der Waals surface area (Å²) in [5, 5.41) is 6.78. The predicted octanol–water partition coefficient (Wildman–Crippen LogP) is 3.51. The van der Waals surface area contributed by atoms with Crippen molar-refractivity contribution in [3.8, 4) is 5.75 Å². The molecule has 1 aliphatic heterocycles. The maximum absolute atomic E-state index is 6.11. The van der Waals surface area contributed by atoms with E-state index in [1.54, 1.807) is 7.05 Å². The second kappa shape index (κ2) is 9.81. The van der Waals surface area contributed by atoms with Crippen LogP contribution in [0, 0.1) is 18.3 Å². The van der Waals surface area contributed by atoms with Crippen molar-refractivity contribution in [3.63, 3.8) is 0 Å². The van der Waals surface area contributed by atoms with Gasteiger partial charge < -0.3 is 20.1 Å². The first-order valence-electron chi connectivity index (χ1n) is 9.62. The highest BCUT2D eigenvalue weighted by Crippen LogP contribution is 2.22. The molecule has 1 unspecified atom stereocenters. The van der Waals surface area contributed by atoms with Crippen LogP contribution in [0.1, 0.15) is 44.7 Å². The van der Waals surface area contributed by atoms with Gasteiger partial charge in [0, 0.05) is 38.2 Å². The van der Waals surface area contributed by atoms with Crippen molar-refractivity contribution >= 4 is 5.96 Å². The van der Waals surface area contributed by atoms with E-state index in [4.69, 9.17) is 9.47 Å². The molecular formula is C21H35N3O2. The number of aliphatic imine (C=N–C) groups is 1. The lowest BCUT2D eigenvalue weighted by Gasteiger charge is -2.20. The summed E-state index contributed by atoms with van der Waals surface area (Å²) in [6, 6.07) is 6.37. The van der Waals surface area contributed by atoms with E-state index in [9.17, 15) is 0 Å². The van der Waals surface area contributed by atoms with Crippen molar-refractivity contribution < 1.29 is 9.47 Å². The second-order valence-corrected chi connectivity index (χ2v) is 8.32. The van der Waals surface area contributed by atoms with Crippen molar-refractivity contribution in [1.82, 2.24) is 10.6 Å². The number of nitrogens with zero attached hydrogens (tertiary/aromatic N) is 1. The maximum Gasteiger partial charge on any atom is 0.191 e. The molecule has 146 valence electrons. The number of aryl methyl sites for hydroxylation is 1. The molecule has 0 aliphatic carbocycles. The molecule has 0 spiro atoms. The molecule has 1 aliphatic rings. The zero-order valence-electron chi connectivity index (χ0n) is 17.0. The predicted molar refractivity (Wildman–Crippen MR) is 108 cm³/mol. The van der Waals surface area contributed by atoms with E-state index in [0.717, 1.165) is 56.5 Å². The molecule has 0 amide bonds. The number of benzene rings is 1. The first kappa shape index (κ1) is 20.6. The Labute approximate surface area is 158 Å². The first-order chi connectivity index (χ1) is 12.4. The smallest absolute Gasteiger partial charge is 0.191 e. The van der Waals surface area contributed by atoms with Gasteiger partial charge in [-0.25, -0.2) is 0 Å². The van der Waals surface area contributed by atoms with Gasteiger partial charge in [-0.15, -0.1) is 0 Å². The molecule has 5 heteroatoms. The summed E-state index contributed by atoms with van der Waals surface area (Å²) in [5.41, 5.74) is 2.67. The second-order valence-electron chi connectivity index (χ2n) is 8.32. The van der Waals surface area contributed by atoms with Crippen LogP contribution >= 0.6 is 0 Å². The van der Waals surface area contributed by atoms with Crippen molar-refractivity contribution in [2.75, 3.05) is 33.4 Å². The van der Waals surface area contributed by atoms with Crippen LogP contribution in [0.2, 0.25) is 0 Å². The molecule has 1 aromatic rings.